The Morgan fingerprint density at radius 3 is 2.62 bits per heavy atom. The number of amidine groups is 1. The van der Waals surface area contributed by atoms with Gasteiger partial charge in [-0.25, -0.2) is 0 Å². The van der Waals surface area contributed by atoms with Gasteiger partial charge < -0.3 is 10.1 Å². The lowest BCUT2D eigenvalue weighted by molar-refractivity contribution is 0.311. The molecule has 0 amide bonds. The molecule has 3 nitrogen and oxygen atoms in total. The summed E-state index contributed by atoms with van der Waals surface area (Å²) in [6.45, 7) is 3.91. The lowest BCUT2D eigenvalue weighted by Crippen LogP contribution is -2.26. The van der Waals surface area contributed by atoms with Crippen LogP contribution in [0.15, 0.2) is 59.6 Å². The fourth-order valence-corrected chi connectivity index (χ4v) is 3.29. The van der Waals surface area contributed by atoms with E-state index in [0.717, 1.165) is 44.0 Å². The van der Waals surface area contributed by atoms with E-state index in [-0.39, 0.29) is 6.04 Å². The average molecular weight is 351 g/mol. The molecular formula is C23H30N2O. The molecule has 0 fully saturated rings. The number of benzene rings is 2. The van der Waals surface area contributed by atoms with Gasteiger partial charge in [-0.05, 0) is 55.9 Å². The van der Waals surface area contributed by atoms with Crippen LogP contribution in [0.2, 0.25) is 0 Å². The predicted molar refractivity (Wildman–Crippen MR) is 109 cm³/mol. The van der Waals surface area contributed by atoms with Gasteiger partial charge in [-0.15, -0.1) is 0 Å². The van der Waals surface area contributed by atoms with Crippen molar-refractivity contribution >= 4 is 5.84 Å². The monoisotopic (exact) mass is 350 g/mol. The van der Waals surface area contributed by atoms with Crippen molar-refractivity contribution in [3.05, 3.63) is 65.7 Å². The minimum absolute atomic E-state index is 0.277. The zero-order chi connectivity index (χ0) is 18.0. The Labute approximate surface area is 157 Å². The van der Waals surface area contributed by atoms with Crippen molar-refractivity contribution in [1.82, 2.24) is 5.32 Å². The molecule has 138 valence electrons. The molecule has 1 atom stereocenters. The molecule has 3 heteroatoms. The van der Waals surface area contributed by atoms with E-state index in [4.69, 9.17) is 4.74 Å². The second-order valence-electron chi connectivity index (χ2n) is 7.01. The third-order valence-electron chi connectivity index (χ3n) is 4.86. The molecule has 1 unspecified atom stereocenters. The zero-order valence-electron chi connectivity index (χ0n) is 15.8. The average Bonchev–Trinajstić information content (AvgIpc) is 2.95. The Bertz CT molecular complexity index is 679. The standard InChI is InChI=1S/C23H30N2O/c1-19(25-23-12-6-3-7-17-24-23)21-13-15-22(16-14-21)26-18-8-11-20-9-4-2-5-10-20/h2,4-5,9-10,13-16,19H,3,6-8,11-12,17-18H2,1H3,(H,24,25). The van der Waals surface area contributed by atoms with E-state index in [1.54, 1.807) is 0 Å². The fraction of sp³-hybridized carbons (Fsp3) is 0.435. The number of aliphatic imine (C=N–C) groups is 1. The summed E-state index contributed by atoms with van der Waals surface area (Å²) in [5.41, 5.74) is 2.64. The van der Waals surface area contributed by atoms with E-state index in [2.05, 4.69) is 71.8 Å². The number of hydrogen-bond donors (Lipinski definition) is 1. The molecule has 0 spiro atoms. The Morgan fingerprint density at radius 1 is 1.00 bits per heavy atom. The number of hydrogen-bond acceptors (Lipinski definition) is 3. The summed E-state index contributed by atoms with van der Waals surface area (Å²) in [4.78, 5) is 4.66. The van der Waals surface area contributed by atoms with E-state index in [9.17, 15) is 0 Å². The van der Waals surface area contributed by atoms with Gasteiger partial charge >= 0.3 is 0 Å². The smallest absolute Gasteiger partial charge is 0.119 e. The minimum Gasteiger partial charge on any atom is -0.494 e. The van der Waals surface area contributed by atoms with Crippen LogP contribution in [-0.4, -0.2) is 19.0 Å². The van der Waals surface area contributed by atoms with Gasteiger partial charge in [-0.3, -0.25) is 4.99 Å². The lowest BCUT2D eigenvalue weighted by atomic mass is 10.1. The highest BCUT2D eigenvalue weighted by Crippen LogP contribution is 2.19. The van der Waals surface area contributed by atoms with Crippen LogP contribution in [-0.2, 0) is 6.42 Å². The molecule has 0 radical (unpaired) electrons. The van der Waals surface area contributed by atoms with Gasteiger partial charge in [0, 0.05) is 19.0 Å². The van der Waals surface area contributed by atoms with Gasteiger partial charge in [-0.1, -0.05) is 48.9 Å². The molecule has 0 saturated heterocycles. The van der Waals surface area contributed by atoms with Crippen molar-refractivity contribution in [2.75, 3.05) is 13.2 Å². The second-order valence-corrected chi connectivity index (χ2v) is 7.01. The topological polar surface area (TPSA) is 33.6 Å². The maximum Gasteiger partial charge on any atom is 0.119 e. The van der Waals surface area contributed by atoms with E-state index in [1.807, 2.05) is 0 Å². The number of ether oxygens (including phenoxy) is 1. The molecule has 1 N–H and O–H groups in total. The molecule has 2 aromatic rings. The second kappa shape index (κ2) is 10.0. The molecule has 1 aliphatic heterocycles. The third-order valence-corrected chi connectivity index (χ3v) is 4.86. The molecule has 1 heterocycles. The first kappa shape index (κ1) is 18.5. The fourth-order valence-electron chi connectivity index (χ4n) is 3.29. The van der Waals surface area contributed by atoms with Crippen molar-refractivity contribution in [2.45, 2.75) is 51.5 Å². The maximum absolute atomic E-state index is 5.88. The SMILES string of the molecule is CC(NC1=NCCCCC1)c1ccc(OCCCc2ccccc2)cc1. The summed E-state index contributed by atoms with van der Waals surface area (Å²) in [5, 5.41) is 3.57. The van der Waals surface area contributed by atoms with Crippen molar-refractivity contribution in [3.63, 3.8) is 0 Å². The summed E-state index contributed by atoms with van der Waals surface area (Å²) in [6.07, 6.45) is 6.92. The molecular weight excluding hydrogens is 320 g/mol. The van der Waals surface area contributed by atoms with Crippen LogP contribution in [0, 0.1) is 0 Å². The zero-order valence-corrected chi connectivity index (χ0v) is 15.8. The molecule has 0 saturated carbocycles. The molecule has 26 heavy (non-hydrogen) atoms. The van der Waals surface area contributed by atoms with Crippen LogP contribution in [0.1, 0.15) is 56.2 Å². The Hall–Kier alpha value is -2.29. The lowest BCUT2D eigenvalue weighted by Gasteiger charge is -2.17. The highest BCUT2D eigenvalue weighted by Gasteiger charge is 2.10. The van der Waals surface area contributed by atoms with Gasteiger partial charge in [0.05, 0.1) is 12.4 Å². The van der Waals surface area contributed by atoms with Crippen LogP contribution in [0.5, 0.6) is 5.75 Å². The van der Waals surface area contributed by atoms with E-state index >= 15 is 0 Å². The van der Waals surface area contributed by atoms with Gasteiger partial charge in [-0.2, -0.15) is 0 Å². The predicted octanol–water partition coefficient (Wildman–Crippen LogP) is 5.32. The molecule has 1 aliphatic rings. The quantitative estimate of drug-likeness (QED) is 0.686. The van der Waals surface area contributed by atoms with Crippen LogP contribution in [0.3, 0.4) is 0 Å². The van der Waals surface area contributed by atoms with Gasteiger partial charge in [0.1, 0.15) is 5.75 Å². The highest BCUT2D eigenvalue weighted by atomic mass is 16.5. The summed E-state index contributed by atoms with van der Waals surface area (Å²) in [5.74, 6) is 2.11. The van der Waals surface area contributed by atoms with Gasteiger partial charge in [0.15, 0.2) is 0 Å². The van der Waals surface area contributed by atoms with Crippen molar-refractivity contribution in [3.8, 4) is 5.75 Å². The number of aryl methyl sites for hydroxylation is 1. The highest BCUT2D eigenvalue weighted by molar-refractivity contribution is 5.82. The largest absolute Gasteiger partial charge is 0.494 e. The normalized spacial score (nSPS) is 15.7. The third kappa shape index (κ3) is 5.91. The molecule has 2 aromatic carbocycles. The van der Waals surface area contributed by atoms with Crippen molar-refractivity contribution in [1.29, 1.82) is 0 Å². The molecule has 0 aromatic heterocycles. The molecule has 3 rings (SSSR count). The maximum atomic E-state index is 5.88. The summed E-state index contributed by atoms with van der Waals surface area (Å²) in [6, 6.07) is 19.3. The summed E-state index contributed by atoms with van der Waals surface area (Å²) >= 11 is 0. The van der Waals surface area contributed by atoms with Crippen LogP contribution in [0.25, 0.3) is 0 Å². The van der Waals surface area contributed by atoms with Crippen molar-refractivity contribution < 1.29 is 4.74 Å². The number of nitrogens with zero attached hydrogens (tertiary/aromatic N) is 1. The molecule has 0 bridgehead atoms. The first-order valence-corrected chi connectivity index (χ1v) is 9.88. The van der Waals surface area contributed by atoms with Crippen LogP contribution < -0.4 is 10.1 Å². The number of nitrogens with one attached hydrogen (secondary N) is 1. The summed E-state index contributed by atoms with van der Waals surface area (Å²) < 4.78 is 5.88. The first-order chi connectivity index (χ1) is 12.8. The van der Waals surface area contributed by atoms with E-state index in [1.165, 1.54) is 30.4 Å². The minimum atomic E-state index is 0.277. The van der Waals surface area contributed by atoms with Crippen LogP contribution >= 0.6 is 0 Å². The van der Waals surface area contributed by atoms with Crippen LogP contribution in [0.4, 0.5) is 0 Å². The van der Waals surface area contributed by atoms with Gasteiger partial charge in [0.25, 0.3) is 0 Å². The van der Waals surface area contributed by atoms with E-state index in [0.29, 0.717) is 0 Å². The Kier molecular flexibility index (Phi) is 7.12. The molecule has 0 aliphatic carbocycles. The Morgan fingerprint density at radius 2 is 1.81 bits per heavy atom. The Balaban J connectivity index is 1.43. The first-order valence-electron chi connectivity index (χ1n) is 9.88. The number of rotatable bonds is 7. The van der Waals surface area contributed by atoms with Gasteiger partial charge in [0.2, 0.25) is 0 Å². The summed E-state index contributed by atoms with van der Waals surface area (Å²) in [7, 11) is 0. The van der Waals surface area contributed by atoms with E-state index < -0.39 is 0 Å². The van der Waals surface area contributed by atoms with Crippen molar-refractivity contribution in [2.24, 2.45) is 4.99 Å².